The van der Waals surface area contributed by atoms with E-state index in [1.54, 1.807) is 16.7 Å². The maximum Gasteiger partial charge on any atom is 0.325 e. The zero-order valence-electron chi connectivity index (χ0n) is 22.9. The third-order valence-electron chi connectivity index (χ3n) is 6.16. The quantitative estimate of drug-likeness (QED) is 0.279. The van der Waals surface area contributed by atoms with Crippen molar-refractivity contribution in [3.05, 3.63) is 46.8 Å². The summed E-state index contributed by atoms with van der Waals surface area (Å²) in [4.78, 5) is 29.9. The fraction of sp³-hybridized carbons (Fsp3) is 0.444. The third kappa shape index (κ3) is 7.06. The highest BCUT2D eigenvalue weighted by atomic mass is 32.2. The normalized spacial score (nSPS) is 12.2. The number of rotatable bonds is 13. The number of methoxy groups -OCH3 is 3. The number of sulfonamides is 1. The molecule has 1 heterocycles. The molecule has 0 saturated heterocycles. The average molecular weight is 578 g/mol. The molecule has 12 heteroatoms. The number of aromatic nitrogens is 1. The van der Waals surface area contributed by atoms with E-state index in [0.29, 0.717) is 30.1 Å². The molecule has 3 aromatic rings. The standard InChI is InChI=1S/C27H35N3O7S2/c1-6-8-14-29(15-9-7-2)39(33,34)20-12-10-19(11-13-20)26(32)28-27-30(18-25(31)37-5)21-16-22(35-3)23(36-4)17-24(21)38-27/h10-13,16-17H,6-9,14-15,18H2,1-5H3. The predicted molar refractivity (Wildman–Crippen MR) is 150 cm³/mol. The van der Waals surface area contributed by atoms with Crippen molar-refractivity contribution in [2.45, 2.75) is 51.0 Å². The number of amides is 1. The van der Waals surface area contributed by atoms with E-state index in [1.807, 2.05) is 13.8 Å². The highest BCUT2D eigenvalue weighted by molar-refractivity contribution is 7.89. The highest BCUT2D eigenvalue weighted by Crippen LogP contribution is 2.33. The number of carbonyl (C=O) groups excluding carboxylic acids is 2. The van der Waals surface area contributed by atoms with Gasteiger partial charge in [0.2, 0.25) is 10.0 Å². The number of carbonyl (C=O) groups is 2. The van der Waals surface area contributed by atoms with Gasteiger partial charge in [0.15, 0.2) is 16.3 Å². The molecule has 0 spiro atoms. The number of hydrogen-bond donors (Lipinski definition) is 0. The number of ether oxygens (including phenoxy) is 3. The lowest BCUT2D eigenvalue weighted by molar-refractivity contribution is -0.141. The number of thiazole rings is 1. The van der Waals surface area contributed by atoms with Gasteiger partial charge < -0.3 is 18.8 Å². The Kier molecular flexibility index (Phi) is 10.7. The van der Waals surface area contributed by atoms with Crippen molar-refractivity contribution in [1.29, 1.82) is 0 Å². The van der Waals surface area contributed by atoms with Gasteiger partial charge in [-0.05, 0) is 37.1 Å². The van der Waals surface area contributed by atoms with Crippen molar-refractivity contribution in [2.75, 3.05) is 34.4 Å². The number of hydrogen-bond acceptors (Lipinski definition) is 8. The Morgan fingerprint density at radius 2 is 1.54 bits per heavy atom. The minimum Gasteiger partial charge on any atom is -0.493 e. The van der Waals surface area contributed by atoms with Crippen molar-refractivity contribution in [3.8, 4) is 11.5 Å². The lowest BCUT2D eigenvalue weighted by atomic mass is 10.2. The van der Waals surface area contributed by atoms with Crippen LogP contribution in [0.5, 0.6) is 11.5 Å². The SMILES string of the molecule is CCCCN(CCCC)S(=O)(=O)c1ccc(C(=O)N=c2sc3cc(OC)c(OC)cc3n2CC(=O)OC)cc1. The van der Waals surface area contributed by atoms with Crippen LogP contribution in [0.3, 0.4) is 0 Å². The Bertz CT molecular complexity index is 1470. The van der Waals surface area contributed by atoms with Crippen molar-refractivity contribution in [2.24, 2.45) is 4.99 Å². The molecule has 0 aliphatic heterocycles. The van der Waals surface area contributed by atoms with Crippen LogP contribution in [0.1, 0.15) is 49.9 Å². The van der Waals surface area contributed by atoms with Crippen LogP contribution >= 0.6 is 11.3 Å². The summed E-state index contributed by atoms with van der Waals surface area (Å²) in [6.45, 7) is 4.79. The van der Waals surface area contributed by atoms with E-state index < -0.39 is 21.9 Å². The van der Waals surface area contributed by atoms with E-state index in [4.69, 9.17) is 14.2 Å². The first-order valence-corrected chi connectivity index (χ1v) is 15.0. The Balaban J connectivity index is 2.00. The summed E-state index contributed by atoms with van der Waals surface area (Å²) in [5, 5.41) is 0. The van der Waals surface area contributed by atoms with E-state index in [9.17, 15) is 18.0 Å². The smallest absolute Gasteiger partial charge is 0.325 e. The van der Waals surface area contributed by atoms with Crippen molar-refractivity contribution in [1.82, 2.24) is 8.87 Å². The number of benzene rings is 2. The highest BCUT2D eigenvalue weighted by Gasteiger charge is 2.24. The first-order chi connectivity index (χ1) is 18.7. The summed E-state index contributed by atoms with van der Waals surface area (Å²) in [6.07, 6.45) is 3.33. The zero-order chi connectivity index (χ0) is 28.6. The van der Waals surface area contributed by atoms with Gasteiger partial charge in [0.1, 0.15) is 6.54 Å². The van der Waals surface area contributed by atoms with Crippen LogP contribution in [0.15, 0.2) is 46.3 Å². The van der Waals surface area contributed by atoms with E-state index >= 15 is 0 Å². The lowest BCUT2D eigenvalue weighted by Gasteiger charge is -2.22. The molecule has 0 aliphatic rings. The molecule has 0 unspecified atom stereocenters. The van der Waals surface area contributed by atoms with Gasteiger partial charge in [-0.15, -0.1) is 0 Å². The molecule has 1 amide bonds. The molecule has 0 atom stereocenters. The van der Waals surface area contributed by atoms with Crippen LogP contribution in [-0.2, 0) is 26.1 Å². The van der Waals surface area contributed by atoms with E-state index in [1.165, 1.54) is 61.2 Å². The topological polar surface area (TPSA) is 117 Å². The minimum absolute atomic E-state index is 0.132. The number of fused-ring (bicyclic) bond motifs is 1. The van der Waals surface area contributed by atoms with E-state index in [2.05, 4.69) is 4.99 Å². The molecule has 0 aliphatic carbocycles. The average Bonchev–Trinajstić information content (AvgIpc) is 3.27. The molecule has 212 valence electrons. The second-order valence-electron chi connectivity index (χ2n) is 8.77. The molecular weight excluding hydrogens is 542 g/mol. The maximum absolute atomic E-state index is 13.2. The van der Waals surface area contributed by atoms with Gasteiger partial charge in [0.25, 0.3) is 5.91 Å². The summed E-state index contributed by atoms with van der Waals surface area (Å²) in [6, 6.07) is 9.25. The first kappa shape index (κ1) is 30.3. The largest absolute Gasteiger partial charge is 0.493 e. The van der Waals surface area contributed by atoms with Crippen LogP contribution in [0, 0.1) is 0 Å². The molecule has 10 nitrogen and oxygen atoms in total. The molecule has 0 N–H and O–H groups in total. The van der Waals surface area contributed by atoms with Gasteiger partial charge in [-0.1, -0.05) is 38.0 Å². The van der Waals surface area contributed by atoms with Crippen molar-refractivity contribution in [3.63, 3.8) is 0 Å². The second-order valence-corrected chi connectivity index (χ2v) is 11.7. The first-order valence-electron chi connectivity index (χ1n) is 12.7. The molecule has 39 heavy (non-hydrogen) atoms. The van der Waals surface area contributed by atoms with Gasteiger partial charge >= 0.3 is 5.97 Å². The van der Waals surface area contributed by atoms with Crippen molar-refractivity contribution < 1.29 is 32.2 Å². The summed E-state index contributed by atoms with van der Waals surface area (Å²) < 4.78 is 45.9. The number of unbranched alkanes of at least 4 members (excludes halogenated alkanes) is 2. The summed E-state index contributed by atoms with van der Waals surface area (Å²) in [5.74, 6) is -0.124. The van der Waals surface area contributed by atoms with Crippen LogP contribution in [0.4, 0.5) is 0 Å². The monoisotopic (exact) mass is 577 g/mol. The molecule has 0 bridgehead atoms. The number of esters is 1. The van der Waals surface area contributed by atoms with Crippen LogP contribution in [0.2, 0.25) is 0 Å². The summed E-state index contributed by atoms with van der Waals surface area (Å²) >= 11 is 1.20. The maximum atomic E-state index is 13.2. The summed E-state index contributed by atoms with van der Waals surface area (Å²) in [5.41, 5.74) is 0.843. The fourth-order valence-electron chi connectivity index (χ4n) is 3.92. The van der Waals surface area contributed by atoms with Gasteiger partial charge in [-0.3, -0.25) is 9.59 Å². The molecule has 1 aromatic heterocycles. The van der Waals surface area contributed by atoms with Crippen molar-refractivity contribution >= 4 is 43.5 Å². The molecule has 0 radical (unpaired) electrons. The molecule has 3 rings (SSSR count). The van der Waals surface area contributed by atoms with Gasteiger partial charge in [-0.2, -0.15) is 9.30 Å². The Labute approximate surface area is 232 Å². The van der Waals surface area contributed by atoms with Crippen LogP contribution < -0.4 is 14.3 Å². The van der Waals surface area contributed by atoms with Gasteiger partial charge in [0.05, 0.1) is 36.4 Å². The van der Waals surface area contributed by atoms with Crippen LogP contribution in [0.25, 0.3) is 10.2 Å². The van der Waals surface area contributed by atoms with E-state index in [0.717, 1.165) is 30.4 Å². The Morgan fingerprint density at radius 3 is 2.08 bits per heavy atom. The number of nitrogens with zero attached hydrogens (tertiary/aromatic N) is 3. The van der Waals surface area contributed by atoms with Gasteiger partial charge in [0, 0.05) is 30.8 Å². The minimum atomic E-state index is -3.69. The molecule has 0 saturated carbocycles. The predicted octanol–water partition coefficient (Wildman–Crippen LogP) is 4.23. The van der Waals surface area contributed by atoms with Gasteiger partial charge in [-0.25, -0.2) is 8.42 Å². The van der Waals surface area contributed by atoms with E-state index in [-0.39, 0.29) is 21.8 Å². The molecule has 0 fully saturated rings. The zero-order valence-corrected chi connectivity index (χ0v) is 24.6. The van der Waals surface area contributed by atoms with Crippen LogP contribution in [-0.4, -0.2) is 63.6 Å². The molecule has 2 aromatic carbocycles. The summed E-state index contributed by atoms with van der Waals surface area (Å²) in [7, 11) is 0.621. The Morgan fingerprint density at radius 1 is 0.949 bits per heavy atom. The third-order valence-corrected chi connectivity index (χ3v) is 9.12. The molecular formula is C27H35N3O7S2. The Hall–Kier alpha value is -3.22. The fourth-order valence-corrected chi connectivity index (χ4v) is 6.47. The lowest BCUT2D eigenvalue weighted by Crippen LogP contribution is -2.33. The second kappa shape index (κ2) is 13.7.